The molecule has 0 aromatic heterocycles. The third kappa shape index (κ3) is 4.05. The molecule has 1 aromatic carbocycles. The van der Waals surface area contributed by atoms with Gasteiger partial charge in [0, 0.05) is 17.5 Å². The average molecular weight is 331 g/mol. The number of rotatable bonds is 6. The van der Waals surface area contributed by atoms with Crippen molar-refractivity contribution >= 4 is 21.6 Å². The van der Waals surface area contributed by atoms with Crippen LogP contribution in [0.2, 0.25) is 0 Å². The van der Waals surface area contributed by atoms with Crippen LogP contribution in [0.3, 0.4) is 0 Å². The van der Waals surface area contributed by atoms with Gasteiger partial charge in [-0.2, -0.15) is 0 Å². The van der Waals surface area contributed by atoms with E-state index >= 15 is 0 Å². The molecule has 1 fully saturated rings. The number of hydrogen-bond donors (Lipinski definition) is 1. The Morgan fingerprint density at radius 1 is 1.29 bits per heavy atom. The Hall–Kier alpha value is -0.920. The fourth-order valence-corrected chi connectivity index (χ4v) is 4.77. The smallest absolute Gasteiger partial charge is 0.161 e. The van der Waals surface area contributed by atoms with E-state index in [1.165, 1.54) is 0 Å². The Morgan fingerprint density at radius 3 is 2.48 bits per heavy atom. The topological polar surface area (TPSA) is 64.6 Å². The van der Waals surface area contributed by atoms with Crippen LogP contribution in [0.1, 0.15) is 12.0 Å². The first kappa shape index (κ1) is 16.5. The molecule has 5 nitrogen and oxygen atoms in total. The lowest BCUT2D eigenvalue weighted by atomic mass is 10.1. The van der Waals surface area contributed by atoms with Crippen molar-refractivity contribution < 1.29 is 17.9 Å². The van der Waals surface area contributed by atoms with Crippen molar-refractivity contribution in [1.29, 1.82) is 0 Å². The van der Waals surface area contributed by atoms with E-state index in [0.29, 0.717) is 24.5 Å². The second-order valence-electron chi connectivity index (χ2n) is 5.00. The third-order valence-electron chi connectivity index (χ3n) is 3.60. The van der Waals surface area contributed by atoms with Gasteiger partial charge in [-0.1, -0.05) is 0 Å². The highest BCUT2D eigenvalue weighted by Gasteiger charge is 2.27. The predicted octanol–water partition coefficient (Wildman–Crippen LogP) is 1.70. The minimum atomic E-state index is -2.85. The summed E-state index contributed by atoms with van der Waals surface area (Å²) in [6.45, 7) is 0.622. The molecule has 0 bridgehead atoms. The number of benzene rings is 1. The van der Waals surface area contributed by atoms with Crippen molar-refractivity contribution in [2.24, 2.45) is 0 Å². The molecule has 1 N–H and O–H groups in total. The van der Waals surface area contributed by atoms with Gasteiger partial charge in [-0.25, -0.2) is 8.42 Å². The zero-order chi connectivity index (χ0) is 15.5. The molecule has 7 heteroatoms. The Kier molecular flexibility index (Phi) is 5.40. The summed E-state index contributed by atoms with van der Waals surface area (Å²) in [4.78, 5) is 1.10. The molecule has 1 aliphatic rings. The first-order valence-electron chi connectivity index (χ1n) is 6.71. The van der Waals surface area contributed by atoms with E-state index in [2.05, 4.69) is 5.32 Å². The lowest BCUT2D eigenvalue weighted by Crippen LogP contribution is -2.29. The standard InChI is InChI=1S/C14H21NO4S2/c1-18-12-6-10(14(20-3)7-13(12)19-2)8-15-11-4-5-21(16,17)9-11/h6-7,11,15H,4-5,8-9H2,1-3H3. The van der Waals surface area contributed by atoms with Gasteiger partial charge in [-0.3, -0.25) is 0 Å². The number of thioether (sulfide) groups is 1. The maximum absolute atomic E-state index is 11.5. The van der Waals surface area contributed by atoms with Crippen LogP contribution >= 0.6 is 11.8 Å². The molecular formula is C14H21NO4S2. The van der Waals surface area contributed by atoms with Crippen LogP contribution in [0.25, 0.3) is 0 Å². The molecule has 2 rings (SSSR count). The van der Waals surface area contributed by atoms with E-state index in [1.807, 2.05) is 18.4 Å². The summed E-state index contributed by atoms with van der Waals surface area (Å²) in [6, 6.07) is 3.94. The van der Waals surface area contributed by atoms with E-state index < -0.39 is 9.84 Å². The predicted molar refractivity (Wildman–Crippen MR) is 85.2 cm³/mol. The van der Waals surface area contributed by atoms with E-state index in [0.717, 1.165) is 10.5 Å². The molecule has 1 saturated heterocycles. The Morgan fingerprint density at radius 2 is 1.95 bits per heavy atom. The molecule has 0 radical (unpaired) electrons. The molecule has 1 atom stereocenters. The highest BCUT2D eigenvalue weighted by atomic mass is 32.2. The van der Waals surface area contributed by atoms with Crippen LogP contribution in [-0.2, 0) is 16.4 Å². The molecule has 0 saturated carbocycles. The summed E-state index contributed by atoms with van der Waals surface area (Å²) >= 11 is 1.63. The van der Waals surface area contributed by atoms with Crippen molar-refractivity contribution in [3.05, 3.63) is 17.7 Å². The fourth-order valence-electron chi connectivity index (χ4n) is 2.44. The lowest BCUT2D eigenvalue weighted by Gasteiger charge is -2.16. The molecule has 0 spiro atoms. The van der Waals surface area contributed by atoms with Crippen molar-refractivity contribution in [3.8, 4) is 11.5 Å². The van der Waals surface area contributed by atoms with Gasteiger partial charge < -0.3 is 14.8 Å². The van der Waals surface area contributed by atoms with Gasteiger partial charge in [0.1, 0.15) is 0 Å². The lowest BCUT2D eigenvalue weighted by molar-refractivity contribution is 0.353. The van der Waals surface area contributed by atoms with Crippen LogP contribution in [0.4, 0.5) is 0 Å². The maximum Gasteiger partial charge on any atom is 0.161 e. The van der Waals surface area contributed by atoms with Gasteiger partial charge in [-0.05, 0) is 30.4 Å². The minimum Gasteiger partial charge on any atom is -0.493 e. The summed E-state index contributed by atoms with van der Waals surface area (Å²) in [5.74, 6) is 1.90. The molecule has 1 heterocycles. The number of hydrogen-bond acceptors (Lipinski definition) is 6. The summed E-state index contributed by atoms with van der Waals surface area (Å²) in [7, 11) is 0.371. The van der Waals surface area contributed by atoms with Crippen LogP contribution in [0, 0.1) is 0 Å². The summed E-state index contributed by atoms with van der Waals surface area (Å²) in [5, 5.41) is 3.33. The maximum atomic E-state index is 11.5. The highest BCUT2D eigenvalue weighted by molar-refractivity contribution is 7.98. The quantitative estimate of drug-likeness (QED) is 0.801. The van der Waals surface area contributed by atoms with E-state index in [4.69, 9.17) is 9.47 Å². The van der Waals surface area contributed by atoms with Crippen LogP contribution in [0.15, 0.2) is 17.0 Å². The molecule has 1 unspecified atom stereocenters. The van der Waals surface area contributed by atoms with E-state index in [9.17, 15) is 8.42 Å². The number of sulfone groups is 1. The van der Waals surface area contributed by atoms with E-state index in [-0.39, 0.29) is 17.5 Å². The van der Waals surface area contributed by atoms with Gasteiger partial charge >= 0.3 is 0 Å². The van der Waals surface area contributed by atoms with Crippen molar-refractivity contribution in [2.45, 2.75) is 23.9 Å². The zero-order valence-electron chi connectivity index (χ0n) is 12.5. The first-order chi connectivity index (χ1) is 9.99. The minimum absolute atomic E-state index is 0.0396. The SMILES string of the molecule is COc1cc(CNC2CCS(=O)(=O)C2)c(SC)cc1OC. The summed E-state index contributed by atoms with van der Waals surface area (Å²) < 4.78 is 33.6. The molecule has 0 aliphatic carbocycles. The molecule has 118 valence electrons. The summed E-state index contributed by atoms with van der Waals surface area (Å²) in [5.41, 5.74) is 1.09. The monoisotopic (exact) mass is 331 g/mol. The van der Waals surface area contributed by atoms with Gasteiger partial charge in [0.15, 0.2) is 21.3 Å². The van der Waals surface area contributed by atoms with Crippen LogP contribution in [-0.4, -0.2) is 46.4 Å². The number of ether oxygens (including phenoxy) is 2. The number of methoxy groups -OCH3 is 2. The normalized spacial score (nSPS) is 20.4. The average Bonchev–Trinajstić information content (AvgIpc) is 2.83. The van der Waals surface area contributed by atoms with Crippen molar-refractivity contribution in [3.63, 3.8) is 0 Å². The first-order valence-corrected chi connectivity index (χ1v) is 9.76. The van der Waals surface area contributed by atoms with Gasteiger partial charge in [0.25, 0.3) is 0 Å². The van der Waals surface area contributed by atoms with E-state index in [1.54, 1.807) is 26.0 Å². The highest BCUT2D eigenvalue weighted by Crippen LogP contribution is 2.34. The van der Waals surface area contributed by atoms with Crippen LogP contribution in [0.5, 0.6) is 11.5 Å². The van der Waals surface area contributed by atoms with Crippen molar-refractivity contribution in [1.82, 2.24) is 5.32 Å². The molecular weight excluding hydrogens is 310 g/mol. The molecule has 1 aromatic rings. The Bertz CT molecular complexity index is 601. The Labute approximate surface area is 130 Å². The molecule has 1 aliphatic heterocycles. The number of nitrogens with one attached hydrogen (secondary N) is 1. The fraction of sp³-hybridized carbons (Fsp3) is 0.571. The zero-order valence-corrected chi connectivity index (χ0v) is 14.1. The molecule has 0 amide bonds. The van der Waals surface area contributed by atoms with Gasteiger partial charge in [0.2, 0.25) is 0 Å². The largest absolute Gasteiger partial charge is 0.493 e. The Balaban J connectivity index is 2.12. The van der Waals surface area contributed by atoms with Gasteiger partial charge in [0.05, 0.1) is 25.7 Å². The summed E-state index contributed by atoms with van der Waals surface area (Å²) in [6.07, 6.45) is 2.69. The molecule has 21 heavy (non-hydrogen) atoms. The van der Waals surface area contributed by atoms with Crippen molar-refractivity contribution in [2.75, 3.05) is 32.0 Å². The van der Waals surface area contributed by atoms with Gasteiger partial charge in [-0.15, -0.1) is 11.8 Å². The second-order valence-corrected chi connectivity index (χ2v) is 8.08. The second kappa shape index (κ2) is 6.89. The van der Waals surface area contributed by atoms with Crippen LogP contribution < -0.4 is 14.8 Å². The third-order valence-corrected chi connectivity index (χ3v) is 6.19.